The maximum absolute atomic E-state index is 12.2. The van der Waals surface area contributed by atoms with Crippen LogP contribution in [0.1, 0.15) is 15.9 Å². The molecular formula is C15H13Cl2NO2. The van der Waals surface area contributed by atoms with E-state index in [0.29, 0.717) is 27.9 Å². The van der Waals surface area contributed by atoms with Gasteiger partial charge in [-0.1, -0.05) is 23.7 Å². The Morgan fingerprint density at radius 3 is 2.50 bits per heavy atom. The number of alkyl halides is 1. The standard InChI is InChI=1S/C15H13Cl2NO2/c1-20-14-7-6-12(17)8-13(14)18-15(19)11-4-2-10(9-16)3-5-11/h2-8H,9H2,1H3,(H,18,19). The summed E-state index contributed by atoms with van der Waals surface area (Å²) in [6, 6.07) is 12.1. The molecule has 0 bridgehead atoms. The Bertz CT molecular complexity index is 612. The first-order valence-electron chi connectivity index (χ1n) is 5.94. The Labute approximate surface area is 127 Å². The number of amides is 1. The zero-order valence-corrected chi connectivity index (χ0v) is 12.3. The minimum atomic E-state index is -0.230. The van der Waals surface area contributed by atoms with Crippen molar-refractivity contribution in [2.24, 2.45) is 0 Å². The number of carbonyl (C=O) groups excluding carboxylic acids is 1. The highest BCUT2D eigenvalue weighted by Gasteiger charge is 2.10. The van der Waals surface area contributed by atoms with Gasteiger partial charge in [0, 0.05) is 16.5 Å². The van der Waals surface area contributed by atoms with Gasteiger partial charge in [-0.2, -0.15) is 0 Å². The number of methoxy groups -OCH3 is 1. The van der Waals surface area contributed by atoms with Crippen LogP contribution in [0.3, 0.4) is 0 Å². The highest BCUT2D eigenvalue weighted by molar-refractivity contribution is 6.31. The second-order valence-electron chi connectivity index (χ2n) is 4.13. The Hall–Kier alpha value is -1.71. The van der Waals surface area contributed by atoms with Crippen LogP contribution >= 0.6 is 23.2 Å². The lowest BCUT2D eigenvalue weighted by molar-refractivity contribution is 0.102. The molecule has 3 nitrogen and oxygen atoms in total. The van der Waals surface area contributed by atoms with Gasteiger partial charge >= 0.3 is 0 Å². The van der Waals surface area contributed by atoms with Gasteiger partial charge in [-0.3, -0.25) is 4.79 Å². The predicted molar refractivity (Wildman–Crippen MR) is 82.0 cm³/mol. The molecule has 1 N–H and O–H groups in total. The van der Waals surface area contributed by atoms with Crippen molar-refractivity contribution in [3.05, 3.63) is 58.6 Å². The maximum Gasteiger partial charge on any atom is 0.255 e. The van der Waals surface area contributed by atoms with Gasteiger partial charge in [-0.15, -0.1) is 11.6 Å². The number of rotatable bonds is 4. The van der Waals surface area contributed by atoms with E-state index >= 15 is 0 Å². The lowest BCUT2D eigenvalue weighted by Crippen LogP contribution is -2.12. The minimum absolute atomic E-state index is 0.230. The van der Waals surface area contributed by atoms with E-state index in [1.165, 1.54) is 7.11 Å². The summed E-state index contributed by atoms with van der Waals surface area (Å²) in [5, 5.41) is 3.30. The summed E-state index contributed by atoms with van der Waals surface area (Å²) in [5.41, 5.74) is 2.04. The summed E-state index contributed by atoms with van der Waals surface area (Å²) >= 11 is 11.6. The highest BCUT2D eigenvalue weighted by atomic mass is 35.5. The monoisotopic (exact) mass is 309 g/mol. The molecule has 2 aromatic carbocycles. The largest absolute Gasteiger partial charge is 0.495 e. The van der Waals surface area contributed by atoms with Crippen LogP contribution in [0, 0.1) is 0 Å². The summed E-state index contributed by atoms with van der Waals surface area (Å²) in [6.45, 7) is 0. The fourth-order valence-electron chi connectivity index (χ4n) is 1.72. The van der Waals surface area contributed by atoms with E-state index in [-0.39, 0.29) is 5.91 Å². The van der Waals surface area contributed by atoms with E-state index in [9.17, 15) is 4.79 Å². The molecule has 1 amide bonds. The number of ether oxygens (including phenoxy) is 1. The van der Waals surface area contributed by atoms with Crippen molar-refractivity contribution >= 4 is 34.8 Å². The third-order valence-electron chi connectivity index (χ3n) is 2.78. The number of hydrogen-bond acceptors (Lipinski definition) is 2. The fourth-order valence-corrected chi connectivity index (χ4v) is 2.07. The molecule has 0 aliphatic rings. The second-order valence-corrected chi connectivity index (χ2v) is 4.83. The third kappa shape index (κ3) is 3.44. The number of anilines is 1. The molecular weight excluding hydrogens is 297 g/mol. The van der Waals surface area contributed by atoms with Crippen molar-refractivity contribution in [1.29, 1.82) is 0 Å². The Balaban J connectivity index is 2.20. The molecule has 0 aliphatic heterocycles. The molecule has 0 heterocycles. The molecule has 5 heteroatoms. The van der Waals surface area contributed by atoms with Crippen LogP contribution in [0.15, 0.2) is 42.5 Å². The molecule has 20 heavy (non-hydrogen) atoms. The maximum atomic E-state index is 12.2. The molecule has 104 valence electrons. The van der Waals surface area contributed by atoms with Crippen LogP contribution in [0.5, 0.6) is 5.75 Å². The van der Waals surface area contributed by atoms with E-state index in [4.69, 9.17) is 27.9 Å². The van der Waals surface area contributed by atoms with Crippen molar-refractivity contribution in [2.75, 3.05) is 12.4 Å². The molecule has 0 aromatic heterocycles. The van der Waals surface area contributed by atoms with Crippen LogP contribution in [-0.2, 0) is 5.88 Å². The van der Waals surface area contributed by atoms with E-state index in [1.54, 1.807) is 30.3 Å². The van der Waals surface area contributed by atoms with Gasteiger partial charge in [0.05, 0.1) is 12.8 Å². The van der Waals surface area contributed by atoms with Gasteiger partial charge in [0.15, 0.2) is 0 Å². The van der Waals surface area contributed by atoms with Crippen molar-refractivity contribution in [3.8, 4) is 5.75 Å². The summed E-state index contributed by atoms with van der Waals surface area (Å²) in [5.74, 6) is 0.746. The van der Waals surface area contributed by atoms with Crippen LogP contribution in [0.2, 0.25) is 5.02 Å². The topological polar surface area (TPSA) is 38.3 Å². The highest BCUT2D eigenvalue weighted by Crippen LogP contribution is 2.28. The first-order chi connectivity index (χ1) is 9.63. The predicted octanol–water partition coefficient (Wildman–Crippen LogP) is 4.34. The molecule has 0 saturated carbocycles. The van der Waals surface area contributed by atoms with E-state index in [0.717, 1.165) is 5.56 Å². The van der Waals surface area contributed by atoms with Crippen LogP contribution < -0.4 is 10.1 Å². The van der Waals surface area contributed by atoms with E-state index in [1.807, 2.05) is 12.1 Å². The lowest BCUT2D eigenvalue weighted by atomic mass is 10.1. The average Bonchev–Trinajstić information content (AvgIpc) is 2.47. The van der Waals surface area contributed by atoms with Crippen molar-refractivity contribution in [1.82, 2.24) is 0 Å². The fraction of sp³-hybridized carbons (Fsp3) is 0.133. The van der Waals surface area contributed by atoms with Crippen LogP contribution in [0.25, 0.3) is 0 Å². The number of hydrogen-bond donors (Lipinski definition) is 1. The molecule has 0 saturated heterocycles. The molecule has 2 rings (SSSR count). The SMILES string of the molecule is COc1ccc(Cl)cc1NC(=O)c1ccc(CCl)cc1. The van der Waals surface area contributed by atoms with Crippen molar-refractivity contribution < 1.29 is 9.53 Å². The smallest absolute Gasteiger partial charge is 0.255 e. The quantitative estimate of drug-likeness (QED) is 0.853. The summed E-state index contributed by atoms with van der Waals surface area (Å²) in [7, 11) is 1.54. The summed E-state index contributed by atoms with van der Waals surface area (Å²) in [6.07, 6.45) is 0. The first kappa shape index (κ1) is 14.7. The van der Waals surface area contributed by atoms with Crippen LogP contribution in [0.4, 0.5) is 5.69 Å². The average molecular weight is 310 g/mol. The number of halogens is 2. The molecule has 0 radical (unpaired) electrons. The van der Waals surface area contributed by atoms with E-state index in [2.05, 4.69) is 5.32 Å². The normalized spacial score (nSPS) is 10.2. The zero-order valence-electron chi connectivity index (χ0n) is 10.8. The zero-order chi connectivity index (χ0) is 14.5. The third-order valence-corrected chi connectivity index (χ3v) is 3.32. The molecule has 0 atom stereocenters. The van der Waals surface area contributed by atoms with Gasteiger partial charge in [-0.25, -0.2) is 0 Å². The minimum Gasteiger partial charge on any atom is -0.495 e. The molecule has 0 spiro atoms. The van der Waals surface area contributed by atoms with Gasteiger partial charge in [0.2, 0.25) is 0 Å². The Morgan fingerprint density at radius 2 is 1.90 bits per heavy atom. The number of benzene rings is 2. The van der Waals surface area contributed by atoms with Gasteiger partial charge in [0.1, 0.15) is 5.75 Å². The van der Waals surface area contributed by atoms with Crippen molar-refractivity contribution in [2.45, 2.75) is 5.88 Å². The van der Waals surface area contributed by atoms with Gasteiger partial charge in [-0.05, 0) is 35.9 Å². The van der Waals surface area contributed by atoms with Gasteiger partial charge in [0.25, 0.3) is 5.91 Å². The summed E-state index contributed by atoms with van der Waals surface area (Å²) < 4.78 is 5.18. The Kier molecular flexibility index (Phi) is 4.88. The second kappa shape index (κ2) is 6.64. The molecule has 0 unspecified atom stereocenters. The van der Waals surface area contributed by atoms with Crippen LogP contribution in [-0.4, -0.2) is 13.0 Å². The number of carbonyl (C=O) groups is 1. The van der Waals surface area contributed by atoms with E-state index < -0.39 is 0 Å². The number of nitrogens with one attached hydrogen (secondary N) is 1. The lowest BCUT2D eigenvalue weighted by Gasteiger charge is -2.10. The first-order valence-corrected chi connectivity index (χ1v) is 6.85. The van der Waals surface area contributed by atoms with Gasteiger partial charge < -0.3 is 10.1 Å². The molecule has 2 aromatic rings. The summed E-state index contributed by atoms with van der Waals surface area (Å²) in [4.78, 5) is 12.2. The van der Waals surface area contributed by atoms with Crippen molar-refractivity contribution in [3.63, 3.8) is 0 Å². The molecule has 0 aliphatic carbocycles. The molecule has 0 fully saturated rings. The Morgan fingerprint density at radius 1 is 1.20 bits per heavy atom.